The first-order valence-corrected chi connectivity index (χ1v) is 6.68. The summed E-state index contributed by atoms with van der Waals surface area (Å²) >= 11 is 1.44. The average molecular weight is 272 g/mol. The highest BCUT2D eigenvalue weighted by Gasteiger charge is 2.10. The van der Waals surface area contributed by atoms with Crippen LogP contribution in [0.4, 0.5) is 0 Å². The van der Waals surface area contributed by atoms with Crippen LogP contribution < -0.4 is 4.74 Å². The van der Waals surface area contributed by atoms with E-state index >= 15 is 0 Å². The molecule has 1 N–H and O–H groups in total. The minimum absolute atomic E-state index is 0.560. The predicted octanol–water partition coefficient (Wildman–Crippen LogP) is 3.34. The van der Waals surface area contributed by atoms with E-state index in [9.17, 15) is 0 Å². The summed E-state index contributed by atoms with van der Waals surface area (Å²) in [5.41, 5.74) is 3.69. The Bertz CT molecular complexity index is 704. The molecule has 5 nitrogen and oxygen atoms in total. The van der Waals surface area contributed by atoms with Crippen molar-refractivity contribution in [1.29, 1.82) is 0 Å². The van der Waals surface area contributed by atoms with Gasteiger partial charge in [-0.1, -0.05) is 17.4 Å². The molecule has 0 atom stereocenters. The molecule has 3 heterocycles. The number of thiazole rings is 1. The van der Waals surface area contributed by atoms with E-state index < -0.39 is 0 Å². The summed E-state index contributed by atoms with van der Waals surface area (Å²) in [6.07, 6.45) is 1.83. The second kappa shape index (κ2) is 4.81. The Hall–Kier alpha value is -2.21. The lowest BCUT2D eigenvalue weighted by Gasteiger charge is -2.00. The monoisotopic (exact) mass is 272 g/mol. The first-order valence-electron chi connectivity index (χ1n) is 5.80. The number of aromatic amines is 1. The minimum Gasteiger partial charge on any atom is -0.412 e. The van der Waals surface area contributed by atoms with Gasteiger partial charge >= 0.3 is 0 Å². The second-order valence-corrected chi connectivity index (χ2v) is 4.92. The quantitative estimate of drug-likeness (QED) is 0.794. The molecule has 0 amide bonds. The molecule has 0 aliphatic rings. The molecule has 96 valence electrons. The number of nitrogens with zero attached hydrogens (tertiary/aromatic N) is 3. The molecule has 0 unspecified atom stereocenters. The number of ether oxygens (including phenoxy) is 1. The molecule has 0 saturated carbocycles. The Kier molecular flexibility index (Phi) is 3.00. The number of aryl methyl sites for hydroxylation is 2. The summed E-state index contributed by atoms with van der Waals surface area (Å²) in [5.74, 6) is 0.560. The van der Waals surface area contributed by atoms with Gasteiger partial charge in [0.25, 0.3) is 5.19 Å². The van der Waals surface area contributed by atoms with E-state index in [4.69, 9.17) is 4.74 Å². The molecule has 0 spiro atoms. The van der Waals surface area contributed by atoms with Crippen molar-refractivity contribution in [3.8, 4) is 22.3 Å². The van der Waals surface area contributed by atoms with Crippen LogP contribution in [0.25, 0.3) is 11.3 Å². The molecule has 0 aromatic carbocycles. The van der Waals surface area contributed by atoms with Crippen LogP contribution in [0.3, 0.4) is 0 Å². The van der Waals surface area contributed by atoms with Gasteiger partial charge in [-0.15, -0.1) is 0 Å². The molecule has 3 aromatic rings. The van der Waals surface area contributed by atoms with Gasteiger partial charge in [0.2, 0.25) is 5.88 Å². The fourth-order valence-corrected chi connectivity index (χ4v) is 2.39. The molecule has 3 aromatic heterocycles. The third-order valence-electron chi connectivity index (χ3n) is 2.64. The standard InChI is InChI=1S/C13H12N4OS/c1-8-4-3-5-12(15-8)18-13-16-11(7-19-13)10-6-14-17-9(10)2/h3-7H,1-2H3,(H,14,17). The van der Waals surface area contributed by atoms with Crippen LogP contribution in [0.5, 0.6) is 11.1 Å². The van der Waals surface area contributed by atoms with E-state index in [1.807, 2.05) is 43.6 Å². The predicted molar refractivity (Wildman–Crippen MR) is 73.5 cm³/mol. The van der Waals surface area contributed by atoms with Crippen molar-refractivity contribution in [2.45, 2.75) is 13.8 Å². The molecular formula is C13H12N4OS. The smallest absolute Gasteiger partial charge is 0.280 e. The van der Waals surface area contributed by atoms with E-state index in [0.29, 0.717) is 11.1 Å². The van der Waals surface area contributed by atoms with Crippen molar-refractivity contribution < 1.29 is 4.74 Å². The number of rotatable bonds is 3. The van der Waals surface area contributed by atoms with Crippen molar-refractivity contribution in [2.75, 3.05) is 0 Å². The second-order valence-electron chi connectivity index (χ2n) is 4.10. The van der Waals surface area contributed by atoms with Gasteiger partial charge in [0.05, 0.1) is 11.4 Å². The number of nitrogens with one attached hydrogen (secondary N) is 1. The van der Waals surface area contributed by atoms with Gasteiger partial charge in [0.1, 0.15) is 0 Å². The highest BCUT2D eigenvalue weighted by atomic mass is 32.1. The largest absolute Gasteiger partial charge is 0.412 e. The van der Waals surface area contributed by atoms with Gasteiger partial charge < -0.3 is 4.74 Å². The number of aromatic nitrogens is 4. The zero-order valence-electron chi connectivity index (χ0n) is 10.5. The fraction of sp³-hybridized carbons (Fsp3) is 0.154. The van der Waals surface area contributed by atoms with Crippen LogP contribution in [0.15, 0.2) is 29.8 Å². The van der Waals surface area contributed by atoms with Crippen molar-refractivity contribution in [2.24, 2.45) is 0 Å². The number of H-pyrrole nitrogens is 1. The van der Waals surface area contributed by atoms with E-state index in [-0.39, 0.29) is 0 Å². The molecule has 19 heavy (non-hydrogen) atoms. The van der Waals surface area contributed by atoms with Gasteiger partial charge in [-0.2, -0.15) is 5.10 Å². The molecule has 0 radical (unpaired) electrons. The van der Waals surface area contributed by atoms with E-state index in [1.165, 1.54) is 11.3 Å². The van der Waals surface area contributed by atoms with Crippen LogP contribution in [0.2, 0.25) is 0 Å². The van der Waals surface area contributed by atoms with Gasteiger partial charge in [0.15, 0.2) is 0 Å². The molecular weight excluding hydrogens is 260 g/mol. The van der Waals surface area contributed by atoms with Crippen molar-refractivity contribution >= 4 is 11.3 Å². The summed E-state index contributed by atoms with van der Waals surface area (Å²) in [6, 6.07) is 5.65. The Morgan fingerprint density at radius 3 is 2.84 bits per heavy atom. The Morgan fingerprint density at radius 1 is 1.21 bits per heavy atom. The lowest BCUT2D eigenvalue weighted by molar-refractivity contribution is 0.459. The molecule has 0 saturated heterocycles. The van der Waals surface area contributed by atoms with Gasteiger partial charge in [-0.3, -0.25) is 5.10 Å². The molecule has 3 rings (SSSR count). The van der Waals surface area contributed by atoms with Gasteiger partial charge in [-0.25, -0.2) is 9.97 Å². The van der Waals surface area contributed by atoms with Crippen LogP contribution >= 0.6 is 11.3 Å². The Balaban J connectivity index is 1.84. The average Bonchev–Trinajstić information content (AvgIpc) is 2.98. The summed E-state index contributed by atoms with van der Waals surface area (Å²) in [6.45, 7) is 3.86. The third-order valence-corrected chi connectivity index (χ3v) is 3.36. The zero-order chi connectivity index (χ0) is 13.2. The van der Waals surface area contributed by atoms with Crippen molar-refractivity contribution in [3.63, 3.8) is 0 Å². The van der Waals surface area contributed by atoms with E-state index in [2.05, 4.69) is 20.2 Å². The topological polar surface area (TPSA) is 63.7 Å². The fourth-order valence-electron chi connectivity index (χ4n) is 1.71. The van der Waals surface area contributed by atoms with Crippen LogP contribution in [0.1, 0.15) is 11.4 Å². The van der Waals surface area contributed by atoms with Gasteiger partial charge in [0, 0.05) is 28.9 Å². The van der Waals surface area contributed by atoms with Crippen LogP contribution in [-0.2, 0) is 0 Å². The lowest BCUT2D eigenvalue weighted by atomic mass is 10.2. The van der Waals surface area contributed by atoms with Crippen LogP contribution in [0, 0.1) is 13.8 Å². The first kappa shape index (κ1) is 11.9. The summed E-state index contributed by atoms with van der Waals surface area (Å²) in [4.78, 5) is 8.72. The summed E-state index contributed by atoms with van der Waals surface area (Å²) in [5, 5.41) is 9.43. The Morgan fingerprint density at radius 2 is 2.11 bits per heavy atom. The molecule has 0 bridgehead atoms. The normalized spacial score (nSPS) is 10.6. The summed E-state index contributed by atoms with van der Waals surface area (Å²) in [7, 11) is 0. The minimum atomic E-state index is 0.560. The maximum absolute atomic E-state index is 5.64. The Labute approximate surface area is 114 Å². The van der Waals surface area contributed by atoms with Crippen molar-refractivity contribution in [1.82, 2.24) is 20.2 Å². The molecule has 0 aliphatic carbocycles. The maximum Gasteiger partial charge on any atom is 0.280 e. The first-order chi connectivity index (χ1) is 9.22. The van der Waals surface area contributed by atoms with Crippen molar-refractivity contribution in [3.05, 3.63) is 41.2 Å². The number of hydrogen-bond donors (Lipinski definition) is 1. The molecule has 6 heteroatoms. The van der Waals surface area contributed by atoms with Gasteiger partial charge in [-0.05, 0) is 19.9 Å². The highest BCUT2D eigenvalue weighted by Crippen LogP contribution is 2.30. The SMILES string of the molecule is Cc1cccc(Oc2nc(-c3c[nH]nc3C)cs2)n1. The maximum atomic E-state index is 5.64. The molecule has 0 aliphatic heterocycles. The highest BCUT2D eigenvalue weighted by molar-refractivity contribution is 7.11. The summed E-state index contributed by atoms with van der Waals surface area (Å²) < 4.78 is 5.64. The van der Waals surface area contributed by atoms with E-state index in [0.717, 1.165) is 22.6 Å². The molecule has 0 fully saturated rings. The lowest BCUT2D eigenvalue weighted by Crippen LogP contribution is -1.89. The van der Waals surface area contributed by atoms with E-state index in [1.54, 1.807) is 0 Å². The van der Waals surface area contributed by atoms with Crippen LogP contribution in [-0.4, -0.2) is 20.2 Å². The number of hydrogen-bond acceptors (Lipinski definition) is 5. The third kappa shape index (κ3) is 2.48. The number of pyridine rings is 1. The zero-order valence-corrected chi connectivity index (χ0v) is 11.4.